The van der Waals surface area contributed by atoms with Crippen LogP contribution in [0.25, 0.3) is 22.1 Å². The highest BCUT2D eigenvalue weighted by atomic mass is 19.1. The van der Waals surface area contributed by atoms with Crippen molar-refractivity contribution in [2.45, 2.75) is 20.0 Å². The molecule has 4 rings (SSSR count). The molecule has 1 atom stereocenters. The largest absolute Gasteiger partial charge is 0.386 e. The highest BCUT2D eigenvalue weighted by Crippen LogP contribution is 2.26. The lowest BCUT2D eigenvalue weighted by Gasteiger charge is -2.15. The van der Waals surface area contributed by atoms with E-state index in [9.17, 15) is 9.50 Å². The molecule has 3 heterocycles. The predicted octanol–water partition coefficient (Wildman–Crippen LogP) is 4.58. The van der Waals surface area contributed by atoms with E-state index in [1.165, 1.54) is 19.2 Å². The van der Waals surface area contributed by atoms with Crippen LogP contribution in [0.2, 0.25) is 0 Å². The third-order valence-electron chi connectivity index (χ3n) is 4.99. The van der Waals surface area contributed by atoms with Crippen LogP contribution in [0.4, 0.5) is 10.2 Å². The van der Waals surface area contributed by atoms with Gasteiger partial charge in [0.05, 0.1) is 23.8 Å². The molecule has 8 heteroatoms. The van der Waals surface area contributed by atoms with Crippen LogP contribution in [0.5, 0.6) is 0 Å². The number of aryl methyl sites for hydroxylation is 1. The number of benzene rings is 1. The molecule has 0 aliphatic rings. The number of para-hydroxylation sites is 1. The summed E-state index contributed by atoms with van der Waals surface area (Å²) >= 11 is 0. The highest BCUT2D eigenvalue weighted by molar-refractivity contribution is 5.83. The quantitative estimate of drug-likeness (QED) is 0.303. The van der Waals surface area contributed by atoms with Gasteiger partial charge in [0.1, 0.15) is 5.82 Å². The number of fused-ring (bicyclic) bond motifs is 2. The Balaban J connectivity index is 1.69. The van der Waals surface area contributed by atoms with Crippen LogP contribution in [-0.4, -0.2) is 38.0 Å². The fourth-order valence-electron chi connectivity index (χ4n) is 3.52. The van der Waals surface area contributed by atoms with E-state index in [0.717, 1.165) is 22.0 Å². The van der Waals surface area contributed by atoms with E-state index in [1.807, 2.05) is 37.4 Å². The Labute approximate surface area is 178 Å². The molecule has 0 bridgehead atoms. The first-order valence-electron chi connectivity index (χ1n) is 9.81. The van der Waals surface area contributed by atoms with Gasteiger partial charge in [-0.2, -0.15) is 9.61 Å². The number of hydrogen-bond acceptors (Lipinski definition) is 5. The zero-order valence-electron chi connectivity index (χ0n) is 17.3. The Bertz CT molecular complexity index is 1310. The molecule has 4 aromatic rings. The lowest BCUT2D eigenvalue weighted by Crippen LogP contribution is -2.15. The van der Waals surface area contributed by atoms with Gasteiger partial charge in [0, 0.05) is 52.6 Å². The number of aliphatic hydroxyl groups excluding tert-OH is 1. The third-order valence-corrected chi connectivity index (χ3v) is 4.99. The normalized spacial score (nSPS) is 13.7. The molecule has 0 saturated heterocycles. The Morgan fingerprint density at radius 3 is 3.00 bits per heavy atom. The van der Waals surface area contributed by atoms with Crippen LogP contribution in [0.15, 0.2) is 65.8 Å². The molecule has 0 aliphatic heterocycles. The van der Waals surface area contributed by atoms with Gasteiger partial charge in [-0.25, -0.2) is 9.37 Å². The topological polar surface area (TPSA) is 90.6 Å². The molecule has 0 saturated carbocycles. The number of H-pyrrole nitrogens is 1. The average Bonchev–Trinajstić information content (AvgIpc) is 3.35. The van der Waals surface area contributed by atoms with Crippen molar-refractivity contribution in [3.63, 3.8) is 0 Å². The first-order chi connectivity index (χ1) is 15.0. The van der Waals surface area contributed by atoms with Crippen LogP contribution < -0.4 is 5.32 Å². The molecular weight excluding hydrogens is 395 g/mol. The van der Waals surface area contributed by atoms with E-state index < -0.39 is 6.10 Å². The Kier molecular flexibility index (Phi) is 5.64. The minimum Gasteiger partial charge on any atom is -0.386 e. The van der Waals surface area contributed by atoms with Crippen molar-refractivity contribution in [1.82, 2.24) is 19.6 Å². The molecule has 7 nitrogen and oxygen atoms in total. The van der Waals surface area contributed by atoms with E-state index in [1.54, 1.807) is 16.8 Å². The van der Waals surface area contributed by atoms with Crippen molar-refractivity contribution in [3.05, 3.63) is 77.6 Å². The minimum atomic E-state index is -0.752. The molecule has 0 spiro atoms. The van der Waals surface area contributed by atoms with Gasteiger partial charge in [-0.1, -0.05) is 18.2 Å². The van der Waals surface area contributed by atoms with Crippen LogP contribution in [0, 0.1) is 6.92 Å². The van der Waals surface area contributed by atoms with Crippen LogP contribution >= 0.6 is 0 Å². The van der Waals surface area contributed by atoms with Gasteiger partial charge < -0.3 is 15.4 Å². The molecule has 3 N–H and O–H groups in total. The van der Waals surface area contributed by atoms with Gasteiger partial charge in [-0.15, -0.1) is 0 Å². The average molecular weight is 418 g/mol. The second kappa shape index (κ2) is 8.53. The lowest BCUT2D eigenvalue weighted by molar-refractivity contribution is 0.193. The van der Waals surface area contributed by atoms with Crippen molar-refractivity contribution in [3.8, 4) is 0 Å². The summed E-state index contributed by atoms with van der Waals surface area (Å²) < 4.78 is 15.3. The number of nitrogens with zero attached hydrogens (tertiary/aromatic N) is 4. The molecular formula is C23H23FN6O. The van der Waals surface area contributed by atoms with Gasteiger partial charge in [0.2, 0.25) is 0 Å². The second-order valence-corrected chi connectivity index (χ2v) is 7.27. The molecule has 0 amide bonds. The summed E-state index contributed by atoms with van der Waals surface area (Å²) in [7, 11) is 0. The monoisotopic (exact) mass is 418 g/mol. The summed E-state index contributed by atoms with van der Waals surface area (Å²) in [5.41, 5.74) is 4.27. The van der Waals surface area contributed by atoms with Crippen LogP contribution in [-0.2, 0) is 0 Å². The fraction of sp³-hybridized carbons (Fsp3) is 0.174. The number of allylic oxidation sites excluding steroid dienone is 3. The Hall–Kier alpha value is -3.78. The van der Waals surface area contributed by atoms with Gasteiger partial charge in [-0.05, 0) is 32.7 Å². The number of aromatic nitrogens is 4. The molecule has 0 aliphatic carbocycles. The molecule has 0 fully saturated rings. The van der Waals surface area contributed by atoms with Crippen molar-refractivity contribution < 1.29 is 9.50 Å². The minimum absolute atomic E-state index is 0.246. The molecule has 0 unspecified atom stereocenters. The zero-order valence-corrected chi connectivity index (χ0v) is 17.3. The maximum atomic E-state index is 13.6. The lowest BCUT2D eigenvalue weighted by atomic mass is 10.1. The van der Waals surface area contributed by atoms with E-state index in [4.69, 9.17) is 0 Å². The second-order valence-electron chi connectivity index (χ2n) is 7.27. The van der Waals surface area contributed by atoms with E-state index in [0.29, 0.717) is 22.7 Å². The third kappa shape index (κ3) is 4.10. The highest BCUT2D eigenvalue weighted by Gasteiger charge is 2.16. The predicted molar refractivity (Wildman–Crippen MR) is 122 cm³/mol. The molecule has 158 valence electrons. The van der Waals surface area contributed by atoms with Crippen LogP contribution in [0.1, 0.15) is 29.8 Å². The van der Waals surface area contributed by atoms with E-state index in [2.05, 4.69) is 32.1 Å². The number of aliphatic hydroxyl groups is 1. The Morgan fingerprint density at radius 1 is 1.42 bits per heavy atom. The number of halogens is 1. The van der Waals surface area contributed by atoms with Crippen molar-refractivity contribution in [2.24, 2.45) is 4.99 Å². The smallest absolute Gasteiger partial charge is 0.160 e. The maximum absolute atomic E-state index is 13.6. The van der Waals surface area contributed by atoms with Crippen molar-refractivity contribution in [1.29, 1.82) is 0 Å². The van der Waals surface area contributed by atoms with Crippen LogP contribution in [0.3, 0.4) is 0 Å². The summed E-state index contributed by atoms with van der Waals surface area (Å²) in [5, 5.41) is 19.4. The summed E-state index contributed by atoms with van der Waals surface area (Å²) in [6, 6.07) is 9.56. The summed E-state index contributed by atoms with van der Waals surface area (Å²) in [5.74, 6) is 0.248. The number of aliphatic imine (C=N–C) groups is 1. The zero-order chi connectivity index (χ0) is 22.0. The number of rotatable bonds is 7. The van der Waals surface area contributed by atoms with Crippen molar-refractivity contribution >= 4 is 34.7 Å². The maximum Gasteiger partial charge on any atom is 0.160 e. The van der Waals surface area contributed by atoms with Crippen molar-refractivity contribution in [2.75, 3.05) is 11.9 Å². The SMILES string of the molecule is C=N/C=C(\C=C(/C)F)c1cc(NC[C@@H](O)c2c[nH]c3ccccc23)n2ncc(C)c2n1. The van der Waals surface area contributed by atoms with Gasteiger partial charge in [0.15, 0.2) is 5.65 Å². The number of nitrogens with one attached hydrogen (secondary N) is 2. The molecule has 0 radical (unpaired) electrons. The van der Waals surface area contributed by atoms with E-state index >= 15 is 0 Å². The molecule has 31 heavy (non-hydrogen) atoms. The summed E-state index contributed by atoms with van der Waals surface area (Å²) in [6.07, 6.45) is 5.58. The Morgan fingerprint density at radius 2 is 2.23 bits per heavy atom. The van der Waals surface area contributed by atoms with E-state index in [-0.39, 0.29) is 12.4 Å². The standard InChI is InChI=1S/C23H23FN6O/c1-14-10-28-30-22(9-20(29-23(14)30)16(11-25-3)8-15(2)24)27-13-21(31)18-12-26-19-7-5-4-6-17(18)19/h4-12,21,26-27,31H,3,13H2,1-2H3/b15-8+,16-11+/t21-/m1/s1. The number of anilines is 1. The van der Waals surface area contributed by atoms with Gasteiger partial charge >= 0.3 is 0 Å². The first-order valence-corrected chi connectivity index (χ1v) is 9.81. The summed E-state index contributed by atoms with van der Waals surface area (Å²) in [6.45, 7) is 6.96. The van der Waals surface area contributed by atoms with Gasteiger partial charge in [-0.3, -0.25) is 4.99 Å². The van der Waals surface area contributed by atoms with Gasteiger partial charge in [0.25, 0.3) is 0 Å². The number of hydrogen-bond donors (Lipinski definition) is 3. The molecule has 1 aromatic carbocycles. The first kappa shape index (κ1) is 20.5. The number of aromatic amines is 1. The molecule has 3 aromatic heterocycles. The summed E-state index contributed by atoms with van der Waals surface area (Å²) in [4.78, 5) is 11.6. The fourth-order valence-corrected chi connectivity index (χ4v) is 3.52.